The van der Waals surface area contributed by atoms with Gasteiger partial charge in [-0.1, -0.05) is 25.2 Å². The Hall–Kier alpha value is -1.03. The average Bonchev–Trinajstić information content (AvgIpc) is 2.44. The zero-order valence-electron chi connectivity index (χ0n) is 15.4. The van der Waals surface area contributed by atoms with Gasteiger partial charge in [0.15, 0.2) is 16.6 Å². The first kappa shape index (κ1) is 20.0. The van der Waals surface area contributed by atoms with Crippen molar-refractivity contribution in [1.29, 1.82) is 0 Å². The topological polar surface area (TPSA) is 18.5 Å². The molecule has 0 aliphatic rings. The molecule has 0 aromatic heterocycles. The molecular formula is C19H32O2Si2. The molecular weight excluding hydrogens is 316 g/mol. The van der Waals surface area contributed by atoms with Crippen molar-refractivity contribution in [1.82, 2.24) is 0 Å². The third-order valence-corrected chi connectivity index (χ3v) is 9.76. The molecule has 23 heavy (non-hydrogen) atoms. The second-order valence-electron chi connectivity index (χ2n) is 7.66. The van der Waals surface area contributed by atoms with Gasteiger partial charge < -0.3 is 8.85 Å². The summed E-state index contributed by atoms with van der Waals surface area (Å²) in [5, 5.41) is 0. The number of terminal acetylenes is 1. The highest BCUT2D eigenvalue weighted by Crippen LogP contribution is 2.21. The van der Waals surface area contributed by atoms with Gasteiger partial charge in [0.1, 0.15) is 5.75 Å². The van der Waals surface area contributed by atoms with Crippen LogP contribution in [0.1, 0.15) is 31.2 Å². The Balaban J connectivity index is 2.10. The number of unbranched alkanes of at least 4 members (excludes halogenated alkanes) is 3. The van der Waals surface area contributed by atoms with Crippen LogP contribution in [0.3, 0.4) is 0 Å². The van der Waals surface area contributed by atoms with Crippen LogP contribution in [0.4, 0.5) is 0 Å². The minimum atomic E-state index is -1.45. The highest BCUT2D eigenvalue weighted by atomic mass is 28.4. The molecule has 0 radical (unpaired) electrons. The van der Waals surface area contributed by atoms with Gasteiger partial charge in [-0.2, -0.15) is 0 Å². The van der Waals surface area contributed by atoms with Crippen molar-refractivity contribution >= 4 is 16.6 Å². The molecule has 1 aromatic carbocycles. The Morgan fingerprint density at radius 3 is 2.09 bits per heavy atom. The molecule has 0 heterocycles. The van der Waals surface area contributed by atoms with Crippen molar-refractivity contribution in [2.75, 3.05) is 6.61 Å². The van der Waals surface area contributed by atoms with Gasteiger partial charge >= 0.3 is 0 Å². The second-order valence-corrected chi connectivity index (χ2v) is 16.7. The second kappa shape index (κ2) is 9.31. The maximum absolute atomic E-state index is 6.37. The lowest BCUT2D eigenvalue weighted by atomic mass is 10.2. The summed E-state index contributed by atoms with van der Waals surface area (Å²) in [6.07, 6.45) is 10.2. The molecule has 0 atom stereocenters. The monoisotopic (exact) mass is 348 g/mol. The van der Waals surface area contributed by atoms with Gasteiger partial charge in [-0.05, 0) is 69.5 Å². The summed E-state index contributed by atoms with van der Waals surface area (Å²) in [6, 6.07) is 8.99. The lowest BCUT2D eigenvalue weighted by Crippen LogP contribution is -2.42. The Morgan fingerprint density at radius 2 is 1.52 bits per heavy atom. The molecule has 0 amide bonds. The molecule has 0 fully saturated rings. The molecule has 128 valence electrons. The first-order valence-electron chi connectivity index (χ1n) is 8.61. The Kier molecular flexibility index (Phi) is 8.11. The number of benzene rings is 1. The van der Waals surface area contributed by atoms with Crippen LogP contribution in [-0.2, 0) is 4.12 Å². The van der Waals surface area contributed by atoms with E-state index in [0.29, 0.717) is 0 Å². The van der Waals surface area contributed by atoms with Gasteiger partial charge in [0.25, 0.3) is 0 Å². The van der Waals surface area contributed by atoms with Gasteiger partial charge in [-0.3, -0.25) is 0 Å². The zero-order valence-corrected chi connectivity index (χ0v) is 17.4. The smallest absolute Gasteiger partial charge is 0.173 e. The van der Waals surface area contributed by atoms with Crippen LogP contribution in [0.25, 0.3) is 0 Å². The fraction of sp³-hybridized carbons (Fsp3) is 0.579. The van der Waals surface area contributed by atoms with E-state index in [2.05, 4.69) is 38.7 Å². The molecule has 0 unspecified atom stereocenters. The van der Waals surface area contributed by atoms with Crippen molar-refractivity contribution in [3.05, 3.63) is 29.8 Å². The predicted octanol–water partition coefficient (Wildman–Crippen LogP) is 5.66. The zero-order chi connectivity index (χ0) is 17.3. The van der Waals surface area contributed by atoms with Crippen molar-refractivity contribution in [3.8, 4) is 18.1 Å². The summed E-state index contributed by atoms with van der Waals surface area (Å²) in [5.41, 5.74) is 0.893. The molecule has 0 N–H and O–H groups in total. The Morgan fingerprint density at radius 1 is 0.913 bits per heavy atom. The van der Waals surface area contributed by atoms with Crippen LogP contribution in [0.5, 0.6) is 5.75 Å². The molecule has 0 aliphatic carbocycles. The van der Waals surface area contributed by atoms with E-state index in [1.807, 2.05) is 24.3 Å². The maximum Gasteiger partial charge on any atom is 0.173 e. The standard InChI is InChI=1S/C19H32O2Si2/c1-7-18-12-14-19(15-13-18)20-16-10-8-9-11-17-23(5,6)21-22(2,3)4/h1,12-15H,8-11,16-17H2,2-6H3. The van der Waals surface area contributed by atoms with Crippen LogP contribution < -0.4 is 4.74 Å². The van der Waals surface area contributed by atoms with Gasteiger partial charge in [0.05, 0.1) is 6.61 Å². The van der Waals surface area contributed by atoms with Gasteiger partial charge in [0, 0.05) is 5.56 Å². The summed E-state index contributed by atoms with van der Waals surface area (Å²) in [4.78, 5) is 0. The van der Waals surface area contributed by atoms with E-state index < -0.39 is 16.6 Å². The first-order valence-corrected chi connectivity index (χ1v) is 15.1. The normalized spacial score (nSPS) is 12.0. The molecule has 1 rings (SSSR count). The van der Waals surface area contributed by atoms with Gasteiger partial charge in [0.2, 0.25) is 0 Å². The number of ether oxygens (including phenoxy) is 1. The molecule has 0 saturated carbocycles. The Labute approximate surface area is 144 Å². The predicted molar refractivity (Wildman–Crippen MR) is 105 cm³/mol. The fourth-order valence-electron chi connectivity index (χ4n) is 2.72. The number of hydrogen-bond acceptors (Lipinski definition) is 2. The van der Waals surface area contributed by atoms with E-state index in [1.165, 1.54) is 25.3 Å². The van der Waals surface area contributed by atoms with Crippen molar-refractivity contribution < 1.29 is 8.85 Å². The SMILES string of the molecule is C#Cc1ccc(OCCCCCC[Si](C)(C)O[Si](C)(C)C)cc1. The van der Waals surface area contributed by atoms with Crippen LogP contribution >= 0.6 is 0 Å². The lowest BCUT2D eigenvalue weighted by molar-refractivity contribution is 0.305. The van der Waals surface area contributed by atoms with Gasteiger partial charge in [-0.15, -0.1) is 6.42 Å². The van der Waals surface area contributed by atoms with E-state index in [0.717, 1.165) is 24.3 Å². The molecule has 0 bridgehead atoms. The quantitative estimate of drug-likeness (QED) is 0.308. The summed E-state index contributed by atoms with van der Waals surface area (Å²) in [6.45, 7) is 12.4. The minimum absolute atomic E-state index is 0.779. The molecule has 0 aliphatic heterocycles. The van der Waals surface area contributed by atoms with E-state index in [-0.39, 0.29) is 0 Å². The summed E-state index contributed by atoms with van der Waals surface area (Å²) >= 11 is 0. The lowest BCUT2D eigenvalue weighted by Gasteiger charge is -2.31. The number of rotatable bonds is 10. The fourth-order valence-corrected chi connectivity index (χ4v) is 10.9. The van der Waals surface area contributed by atoms with Crippen LogP contribution in [0.15, 0.2) is 24.3 Å². The maximum atomic E-state index is 6.37. The molecule has 0 spiro atoms. The first-order chi connectivity index (χ1) is 10.7. The van der Waals surface area contributed by atoms with Crippen LogP contribution in [0, 0.1) is 12.3 Å². The van der Waals surface area contributed by atoms with E-state index in [9.17, 15) is 0 Å². The average molecular weight is 349 g/mol. The number of hydrogen-bond donors (Lipinski definition) is 0. The molecule has 0 saturated heterocycles. The van der Waals surface area contributed by atoms with E-state index >= 15 is 0 Å². The largest absolute Gasteiger partial charge is 0.494 e. The van der Waals surface area contributed by atoms with Crippen molar-refractivity contribution in [3.63, 3.8) is 0 Å². The van der Waals surface area contributed by atoms with E-state index in [1.54, 1.807) is 0 Å². The highest BCUT2D eigenvalue weighted by molar-refractivity contribution is 6.84. The van der Waals surface area contributed by atoms with Crippen LogP contribution in [-0.4, -0.2) is 23.2 Å². The summed E-state index contributed by atoms with van der Waals surface area (Å²) in [7, 11) is -2.84. The van der Waals surface area contributed by atoms with Gasteiger partial charge in [-0.25, -0.2) is 0 Å². The van der Waals surface area contributed by atoms with Crippen molar-refractivity contribution in [2.24, 2.45) is 0 Å². The van der Waals surface area contributed by atoms with Crippen molar-refractivity contribution in [2.45, 2.75) is 64.5 Å². The molecule has 4 heteroatoms. The third-order valence-electron chi connectivity index (χ3n) is 3.55. The highest BCUT2D eigenvalue weighted by Gasteiger charge is 2.28. The summed E-state index contributed by atoms with van der Waals surface area (Å²) < 4.78 is 12.1. The molecule has 1 aromatic rings. The minimum Gasteiger partial charge on any atom is -0.494 e. The third kappa shape index (κ3) is 9.65. The Bertz CT molecular complexity index is 496. The van der Waals surface area contributed by atoms with E-state index in [4.69, 9.17) is 15.3 Å². The molecule has 2 nitrogen and oxygen atoms in total. The summed E-state index contributed by atoms with van der Waals surface area (Å²) in [5.74, 6) is 3.51. The van der Waals surface area contributed by atoms with Crippen LogP contribution in [0.2, 0.25) is 38.8 Å².